The van der Waals surface area contributed by atoms with Gasteiger partial charge in [-0.05, 0) is 29.3 Å². The summed E-state index contributed by atoms with van der Waals surface area (Å²) in [6.45, 7) is 1.23. The molecule has 21 heavy (non-hydrogen) atoms. The number of hydrogen-bond acceptors (Lipinski definition) is 3. The summed E-state index contributed by atoms with van der Waals surface area (Å²) < 4.78 is 10.7. The highest BCUT2D eigenvalue weighted by atomic mass is 16.5. The van der Waals surface area contributed by atoms with E-state index in [1.165, 1.54) is 5.56 Å². The minimum atomic E-state index is -0.135. The highest BCUT2D eigenvalue weighted by Gasteiger charge is 2.14. The van der Waals surface area contributed by atoms with E-state index in [-0.39, 0.29) is 5.91 Å². The highest BCUT2D eigenvalue weighted by Crippen LogP contribution is 2.25. The van der Waals surface area contributed by atoms with E-state index in [9.17, 15) is 4.79 Å². The normalized spacial score (nSPS) is 12.4. The summed E-state index contributed by atoms with van der Waals surface area (Å²) in [5, 5.41) is 2.92. The Morgan fingerprint density at radius 2 is 2.14 bits per heavy atom. The second-order valence-electron chi connectivity index (χ2n) is 4.92. The van der Waals surface area contributed by atoms with Crippen LogP contribution in [0, 0.1) is 0 Å². The molecular weight excluding hydrogens is 266 g/mol. The number of fused-ring (bicyclic) bond motifs is 1. The summed E-state index contributed by atoms with van der Waals surface area (Å²) in [5.74, 6) is 1.40. The average molecular weight is 283 g/mol. The van der Waals surface area contributed by atoms with Crippen molar-refractivity contribution in [2.24, 2.45) is 0 Å². The fraction of sp³-hybridized carbons (Fsp3) is 0.235. The molecule has 0 aromatic heterocycles. The number of benzene rings is 2. The SMILES string of the molecule is COc1ccccc1C(=O)NCc1ccc2c(c1)CCO2. The highest BCUT2D eigenvalue weighted by molar-refractivity contribution is 5.96. The van der Waals surface area contributed by atoms with Gasteiger partial charge >= 0.3 is 0 Å². The van der Waals surface area contributed by atoms with E-state index >= 15 is 0 Å². The van der Waals surface area contributed by atoms with Crippen LogP contribution in [0.1, 0.15) is 21.5 Å². The van der Waals surface area contributed by atoms with Gasteiger partial charge in [-0.1, -0.05) is 24.3 Å². The lowest BCUT2D eigenvalue weighted by Gasteiger charge is -2.09. The van der Waals surface area contributed by atoms with Gasteiger partial charge in [0.1, 0.15) is 11.5 Å². The summed E-state index contributed by atoms with van der Waals surface area (Å²) in [6, 6.07) is 13.2. The van der Waals surface area contributed by atoms with Crippen molar-refractivity contribution in [2.75, 3.05) is 13.7 Å². The largest absolute Gasteiger partial charge is 0.496 e. The Bertz CT molecular complexity index is 667. The van der Waals surface area contributed by atoms with Crippen LogP contribution in [0.4, 0.5) is 0 Å². The molecule has 2 aromatic carbocycles. The lowest BCUT2D eigenvalue weighted by Crippen LogP contribution is -2.23. The summed E-state index contributed by atoms with van der Waals surface area (Å²) in [4.78, 5) is 12.2. The standard InChI is InChI=1S/C17H17NO3/c1-20-16-5-3-2-4-14(16)17(19)18-11-12-6-7-15-13(10-12)8-9-21-15/h2-7,10H,8-9,11H2,1H3,(H,18,19). The molecule has 4 nitrogen and oxygen atoms in total. The first-order valence-corrected chi connectivity index (χ1v) is 6.94. The molecule has 0 aliphatic carbocycles. The lowest BCUT2D eigenvalue weighted by atomic mass is 10.1. The van der Waals surface area contributed by atoms with Gasteiger partial charge in [0.25, 0.3) is 5.91 Å². The van der Waals surface area contributed by atoms with E-state index in [1.54, 1.807) is 19.2 Å². The number of carbonyl (C=O) groups excluding carboxylic acids is 1. The summed E-state index contributed by atoms with van der Waals surface area (Å²) in [7, 11) is 1.56. The smallest absolute Gasteiger partial charge is 0.255 e. The first-order chi connectivity index (χ1) is 10.3. The molecule has 1 aliphatic heterocycles. The predicted octanol–water partition coefficient (Wildman–Crippen LogP) is 2.56. The number of methoxy groups -OCH3 is 1. The van der Waals surface area contributed by atoms with Gasteiger partial charge in [-0.2, -0.15) is 0 Å². The van der Waals surface area contributed by atoms with Crippen LogP contribution in [-0.4, -0.2) is 19.6 Å². The molecule has 0 bridgehead atoms. The van der Waals surface area contributed by atoms with Crippen molar-refractivity contribution in [1.82, 2.24) is 5.32 Å². The van der Waals surface area contributed by atoms with Crippen LogP contribution in [0.25, 0.3) is 0 Å². The second kappa shape index (κ2) is 5.87. The lowest BCUT2D eigenvalue weighted by molar-refractivity contribution is 0.0948. The van der Waals surface area contributed by atoms with Crippen LogP contribution in [-0.2, 0) is 13.0 Å². The molecule has 1 amide bonds. The number of rotatable bonds is 4. The Morgan fingerprint density at radius 3 is 3.00 bits per heavy atom. The predicted molar refractivity (Wildman–Crippen MR) is 79.8 cm³/mol. The van der Waals surface area contributed by atoms with Crippen molar-refractivity contribution in [1.29, 1.82) is 0 Å². The second-order valence-corrected chi connectivity index (χ2v) is 4.92. The molecule has 0 atom stereocenters. The van der Waals surface area contributed by atoms with Gasteiger partial charge in [0.2, 0.25) is 0 Å². The zero-order valence-corrected chi connectivity index (χ0v) is 11.9. The maximum atomic E-state index is 12.2. The van der Waals surface area contributed by atoms with E-state index in [4.69, 9.17) is 9.47 Å². The number of hydrogen-bond donors (Lipinski definition) is 1. The van der Waals surface area contributed by atoms with Gasteiger partial charge < -0.3 is 14.8 Å². The molecule has 0 radical (unpaired) electrons. The minimum absolute atomic E-state index is 0.135. The third-order valence-corrected chi connectivity index (χ3v) is 3.56. The van der Waals surface area contributed by atoms with E-state index in [2.05, 4.69) is 11.4 Å². The quantitative estimate of drug-likeness (QED) is 0.938. The molecule has 0 unspecified atom stereocenters. The molecule has 1 heterocycles. The van der Waals surface area contributed by atoms with E-state index in [0.29, 0.717) is 17.9 Å². The molecule has 4 heteroatoms. The molecule has 1 N–H and O–H groups in total. The van der Waals surface area contributed by atoms with Crippen LogP contribution in [0.2, 0.25) is 0 Å². The molecular formula is C17H17NO3. The van der Waals surface area contributed by atoms with Gasteiger partial charge in [0.05, 0.1) is 19.3 Å². The van der Waals surface area contributed by atoms with Gasteiger partial charge in [-0.15, -0.1) is 0 Å². The third kappa shape index (κ3) is 2.84. The number of carbonyl (C=O) groups is 1. The van der Waals surface area contributed by atoms with Crippen LogP contribution >= 0.6 is 0 Å². The van der Waals surface area contributed by atoms with E-state index in [1.807, 2.05) is 24.3 Å². The number of amides is 1. The van der Waals surface area contributed by atoms with E-state index < -0.39 is 0 Å². The van der Waals surface area contributed by atoms with Gasteiger partial charge in [0.15, 0.2) is 0 Å². The van der Waals surface area contributed by atoms with Gasteiger partial charge in [0, 0.05) is 13.0 Å². The zero-order valence-electron chi connectivity index (χ0n) is 11.9. The minimum Gasteiger partial charge on any atom is -0.496 e. The zero-order chi connectivity index (χ0) is 14.7. The Hall–Kier alpha value is -2.49. The average Bonchev–Trinajstić information content (AvgIpc) is 3.00. The Labute approximate surface area is 123 Å². The first kappa shape index (κ1) is 13.5. The summed E-state index contributed by atoms with van der Waals surface area (Å²) in [6.07, 6.45) is 0.934. The molecule has 3 rings (SSSR count). The molecule has 1 aliphatic rings. The van der Waals surface area contributed by atoms with Crippen molar-refractivity contribution < 1.29 is 14.3 Å². The van der Waals surface area contributed by atoms with E-state index in [0.717, 1.165) is 24.3 Å². The Morgan fingerprint density at radius 1 is 1.29 bits per heavy atom. The molecule has 0 saturated carbocycles. The van der Waals surface area contributed by atoms with Crippen molar-refractivity contribution in [3.05, 3.63) is 59.2 Å². The maximum Gasteiger partial charge on any atom is 0.255 e. The first-order valence-electron chi connectivity index (χ1n) is 6.94. The van der Waals surface area contributed by atoms with Gasteiger partial charge in [-0.3, -0.25) is 4.79 Å². The van der Waals surface area contributed by atoms with Crippen molar-refractivity contribution >= 4 is 5.91 Å². The third-order valence-electron chi connectivity index (χ3n) is 3.56. The number of ether oxygens (including phenoxy) is 2. The maximum absolute atomic E-state index is 12.2. The van der Waals surface area contributed by atoms with Crippen LogP contribution in [0.15, 0.2) is 42.5 Å². The number of para-hydroxylation sites is 1. The Kier molecular flexibility index (Phi) is 3.77. The molecule has 0 fully saturated rings. The number of nitrogens with one attached hydrogen (secondary N) is 1. The fourth-order valence-electron chi connectivity index (χ4n) is 2.46. The van der Waals surface area contributed by atoms with Crippen molar-refractivity contribution in [3.8, 4) is 11.5 Å². The van der Waals surface area contributed by atoms with Crippen LogP contribution < -0.4 is 14.8 Å². The fourth-order valence-corrected chi connectivity index (χ4v) is 2.46. The van der Waals surface area contributed by atoms with Crippen molar-refractivity contribution in [2.45, 2.75) is 13.0 Å². The van der Waals surface area contributed by atoms with Crippen LogP contribution in [0.5, 0.6) is 11.5 Å². The van der Waals surface area contributed by atoms with Crippen LogP contribution in [0.3, 0.4) is 0 Å². The topological polar surface area (TPSA) is 47.6 Å². The molecule has 108 valence electrons. The van der Waals surface area contributed by atoms with Crippen molar-refractivity contribution in [3.63, 3.8) is 0 Å². The monoisotopic (exact) mass is 283 g/mol. The summed E-state index contributed by atoms with van der Waals surface area (Å²) >= 11 is 0. The Balaban J connectivity index is 1.68. The summed E-state index contributed by atoms with van der Waals surface area (Å²) in [5.41, 5.74) is 2.83. The molecule has 2 aromatic rings. The molecule has 0 spiro atoms. The van der Waals surface area contributed by atoms with Gasteiger partial charge in [-0.25, -0.2) is 0 Å². The molecule has 0 saturated heterocycles.